The van der Waals surface area contributed by atoms with Gasteiger partial charge >= 0.3 is 0 Å². The summed E-state index contributed by atoms with van der Waals surface area (Å²) >= 11 is 0. The third-order valence-corrected chi connectivity index (χ3v) is 4.12. The molecule has 1 fully saturated rings. The highest BCUT2D eigenvalue weighted by Gasteiger charge is 2.35. The zero-order chi connectivity index (χ0) is 12.4. The van der Waals surface area contributed by atoms with Gasteiger partial charge in [-0.3, -0.25) is 0 Å². The molecule has 0 saturated carbocycles. The van der Waals surface area contributed by atoms with E-state index in [1.54, 1.807) is 0 Å². The SMILES string of the molecule is C=C(CC(C)(C)C)N1CCC(CC)(CC)C1. The van der Waals surface area contributed by atoms with Crippen LogP contribution in [0.1, 0.15) is 60.3 Å². The normalized spacial score (nSPS) is 20.2. The third kappa shape index (κ3) is 3.26. The highest BCUT2D eigenvalue weighted by molar-refractivity contribution is 5.03. The molecule has 0 atom stereocenters. The van der Waals surface area contributed by atoms with E-state index in [9.17, 15) is 0 Å². The van der Waals surface area contributed by atoms with Crippen molar-refractivity contribution in [1.82, 2.24) is 4.90 Å². The topological polar surface area (TPSA) is 3.24 Å². The largest absolute Gasteiger partial charge is 0.375 e. The third-order valence-electron chi connectivity index (χ3n) is 4.12. The van der Waals surface area contributed by atoms with Crippen LogP contribution in [0.2, 0.25) is 0 Å². The second-order valence-corrected chi connectivity index (χ2v) is 6.68. The predicted molar refractivity (Wildman–Crippen MR) is 72.4 cm³/mol. The molecule has 1 saturated heterocycles. The van der Waals surface area contributed by atoms with Gasteiger partial charge in [-0.1, -0.05) is 41.2 Å². The molecule has 0 aromatic heterocycles. The van der Waals surface area contributed by atoms with Crippen molar-refractivity contribution in [2.24, 2.45) is 10.8 Å². The van der Waals surface area contributed by atoms with Gasteiger partial charge in [-0.2, -0.15) is 0 Å². The van der Waals surface area contributed by atoms with E-state index < -0.39 is 0 Å². The monoisotopic (exact) mass is 223 g/mol. The molecule has 0 radical (unpaired) electrons. The van der Waals surface area contributed by atoms with Crippen molar-refractivity contribution in [3.8, 4) is 0 Å². The Labute approximate surface area is 102 Å². The van der Waals surface area contributed by atoms with Gasteiger partial charge in [0.15, 0.2) is 0 Å². The highest BCUT2D eigenvalue weighted by Crippen LogP contribution is 2.39. The van der Waals surface area contributed by atoms with Gasteiger partial charge in [0.1, 0.15) is 0 Å². The molecule has 1 aliphatic rings. The van der Waals surface area contributed by atoms with Gasteiger partial charge in [0.2, 0.25) is 0 Å². The molecule has 0 bridgehead atoms. The smallest absolute Gasteiger partial charge is 0.0231 e. The molecule has 0 N–H and O–H groups in total. The molecule has 1 nitrogen and oxygen atoms in total. The fraction of sp³-hybridized carbons (Fsp3) is 0.867. The molecule has 1 aliphatic heterocycles. The van der Waals surface area contributed by atoms with E-state index in [2.05, 4.69) is 46.1 Å². The van der Waals surface area contributed by atoms with Crippen LogP contribution in [0.15, 0.2) is 12.3 Å². The number of likely N-dealkylation sites (tertiary alicyclic amines) is 1. The Morgan fingerprint density at radius 2 is 1.81 bits per heavy atom. The standard InChI is InChI=1S/C15H29N/c1-7-15(8-2)9-10-16(12-15)13(3)11-14(4,5)6/h3,7-12H2,1-2,4-6H3. The summed E-state index contributed by atoms with van der Waals surface area (Å²) < 4.78 is 0. The van der Waals surface area contributed by atoms with E-state index in [0.29, 0.717) is 10.8 Å². The van der Waals surface area contributed by atoms with E-state index in [0.717, 1.165) is 6.42 Å². The second-order valence-electron chi connectivity index (χ2n) is 6.68. The van der Waals surface area contributed by atoms with E-state index in [-0.39, 0.29) is 0 Å². The lowest BCUT2D eigenvalue weighted by molar-refractivity contribution is 0.251. The molecule has 1 rings (SSSR count). The van der Waals surface area contributed by atoms with Gasteiger partial charge in [0.25, 0.3) is 0 Å². The Balaban J connectivity index is 2.56. The van der Waals surface area contributed by atoms with Gasteiger partial charge in [-0.25, -0.2) is 0 Å². The minimum atomic E-state index is 0.362. The first-order chi connectivity index (χ1) is 7.32. The molecule has 1 heteroatoms. The molecule has 0 amide bonds. The number of nitrogens with zero attached hydrogens (tertiary/aromatic N) is 1. The van der Waals surface area contributed by atoms with Gasteiger partial charge in [0.05, 0.1) is 0 Å². The van der Waals surface area contributed by atoms with Crippen LogP contribution in [-0.4, -0.2) is 18.0 Å². The van der Waals surface area contributed by atoms with Crippen LogP contribution in [0.4, 0.5) is 0 Å². The van der Waals surface area contributed by atoms with Crippen molar-refractivity contribution in [3.63, 3.8) is 0 Å². The summed E-state index contributed by atoms with van der Waals surface area (Å²) in [7, 11) is 0. The van der Waals surface area contributed by atoms with Crippen LogP contribution < -0.4 is 0 Å². The molecule has 0 aromatic carbocycles. The Hall–Kier alpha value is -0.460. The first kappa shape index (κ1) is 13.6. The molecular weight excluding hydrogens is 194 g/mol. The lowest BCUT2D eigenvalue weighted by atomic mass is 9.82. The van der Waals surface area contributed by atoms with Crippen LogP contribution in [0.5, 0.6) is 0 Å². The van der Waals surface area contributed by atoms with E-state index in [1.807, 2.05) is 0 Å². The van der Waals surface area contributed by atoms with Crippen molar-refractivity contribution < 1.29 is 0 Å². The van der Waals surface area contributed by atoms with Gasteiger partial charge < -0.3 is 4.90 Å². The summed E-state index contributed by atoms with van der Waals surface area (Å²) in [5, 5.41) is 0. The molecule has 0 spiro atoms. The van der Waals surface area contributed by atoms with Gasteiger partial charge in [0, 0.05) is 18.8 Å². The highest BCUT2D eigenvalue weighted by atomic mass is 15.2. The zero-order valence-electron chi connectivity index (χ0n) is 11.9. The quantitative estimate of drug-likeness (QED) is 0.680. The summed E-state index contributed by atoms with van der Waals surface area (Å²) in [6.45, 7) is 18.3. The first-order valence-corrected chi connectivity index (χ1v) is 6.75. The number of allylic oxidation sites excluding steroid dienone is 1. The molecule has 0 aromatic rings. The summed E-state index contributed by atoms with van der Waals surface area (Å²) in [6, 6.07) is 0. The maximum absolute atomic E-state index is 4.28. The fourth-order valence-electron chi connectivity index (χ4n) is 2.76. The zero-order valence-corrected chi connectivity index (χ0v) is 11.9. The van der Waals surface area contributed by atoms with Gasteiger partial charge in [-0.05, 0) is 36.5 Å². The van der Waals surface area contributed by atoms with Crippen LogP contribution in [-0.2, 0) is 0 Å². The van der Waals surface area contributed by atoms with Crippen LogP contribution in [0.25, 0.3) is 0 Å². The van der Waals surface area contributed by atoms with Crippen molar-refractivity contribution in [2.45, 2.75) is 60.3 Å². The van der Waals surface area contributed by atoms with Crippen molar-refractivity contribution >= 4 is 0 Å². The van der Waals surface area contributed by atoms with E-state index in [1.165, 1.54) is 38.0 Å². The molecule has 0 aliphatic carbocycles. The molecule has 1 heterocycles. The minimum absolute atomic E-state index is 0.362. The molecule has 16 heavy (non-hydrogen) atoms. The lowest BCUT2D eigenvalue weighted by Crippen LogP contribution is -2.27. The van der Waals surface area contributed by atoms with Crippen molar-refractivity contribution in [3.05, 3.63) is 12.3 Å². The Kier molecular flexibility index (Phi) is 4.09. The van der Waals surface area contributed by atoms with Crippen molar-refractivity contribution in [1.29, 1.82) is 0 Å². The molecule has 0 unspecified atom stereocenters. The van der Waals surface area contributed by atoms with Crippen LogP contribution in [0, 0.1) is 10.8 Å². The second kappa shape index (κ2) is 4.81. The summed E-state index contributed by atoms with van der Waals surface area (Å²) in [5.41, 5.74) is 2.28. The average Bonchev–Trinajstić information content (AvgIpc) is 2.60. The Morgan fingerprint density at radius 3 is 2.19 bits per heavy atom. The van der Waals surface area contributed by atoms with Crippen LogP contribution >= 0.6 is 0 Å². The summed E-state index contributed by atoms with van der Waals surface area (Å²) in [5.74, 6) is 0. The van der Waals surface area contributed by atoms with Crippen molar-refractivity contribution in [2.75, 3.05) is 13.1 Å². The number of hydrogen-bond donors (Lipinski definition) is 0. The lowest BCUT2D eigenvalue weighted by Gasteiger charge is -2.30. The number of rotatable bonds is 4. The first-order valence-electron chi connectivity index (χ1n) is 6.75. The molecular formula is C15H29N. The van der Waals surface area contributed by atoms with Crippen LogP contribution in [0.3, 0.4) is 0 Å². The predicted octanol–water partition coefficient (Wildman–Crippen LogP) is 4.45. The van der Waals surface area contributed by atoms with E-state index >= 15 is 0 Å². The fourth-order valence-corrected chi connectivity index (χ4v) is 2.76. The Bertz CT molecular complexity index is 243. The maximum Gasteiger partial charge on any atom is 0.0231 e. The summed E-state index contributed by atoms with van der Waals surface area (Å²) in [4.78, 5) is 2.53. The van der Waals surface area contributed by atoms with E-state index in [4.69, 9.17) is 0 Å². The minimum Gasteiger partial charge on any atom is -0.375 e. The Morgan fingerprint density at radius 1 is 1.25 bits per heavy atom. The average molecular weight is 223 g/mol. The maximum atomic E-state index is 4.28. The van der Waals surface area contributed by atoms with Gasteiger partial charge in [-0.15, -0.1) is 0 Å². The summed E-state index contributed by atoms with van der Waals surface area (Å²) in [6.07, 6.45) is 5.09. The molecule has 94 valence electrons. The number of hydrogen-bond acceptors (Lipinski definition) is 1.